The largest absolute Gasteiger partial charge is 0.339 e. The Morgan fingerprint density at radius 1 is 1.38 bits per heavy atom. The Balaban J connectivity index is 1.51. The minimum absolute atomic E-state index is 0.0166. The molecule has 1 saturated heterocycles. The number of halogens is 2. The van der Waals surface area contributed by atoms with E-state index in [4.69, 9.17) is 0 Å². The van der Waals surface area contributed by atoms with Crippen molar-refractivity contribution in [1.82, 2.24) is 25.9 Å². The molecule has 2 heterocycles. The summed E-state index contributed by atoms with van der Waals surface area (Å²) in [7, 11) is 1.82. The zero-order valence-electron chi connectivity index (χ0n) is 13.2. The third kappa shape index (κ3) is 3.77. The summed E-state index contributed by atoms with van der Waals surface area (Å²) in [5, 5.41) is 6.86. The molecule has 1 aromatic carbocycles. The van der Waals surface area contributed by atoms with Gasteiger partial charge in [-0.2, -0.15) is 5.10 Å². The third-order valence-corrected chi connectivity index (χ3v) is 3.99. The summed E-state index contributed by atoms with van der Waals surface area (Å²) in [5.41, 5.74) is 6.66. The fourth-order valence-corrected chi connectivity index (χ4v) is 2.81. The molecule has 8 heteroatoms. The van der Waals surface area contributed by atoms with Crippen LogP contribution in [-0.2, 0) is 18.3 Å². The first-order chi connectivity index (χ1) is 11.5. The average molecular weight is 335 g/mol. The molecule has 2 atom stereocenters. The normalized spacial score (nSPS) is 20.3. The van der Waals surface area contributed by atoms with Crippen LogP contribution in [0.15, 0.2) is 30.6 Å². The van der Waals surface area contributed by atoms with Crippen LogP contribution in [0.5, 0.6) is 0 Å². The topological polar surface area (TPSA) is 71.0 Å². The molecule has 3 rings (SSSR count). The molecule has 1 aliphatic rings. The van der Waals surface area contributed by atoms with Crippen LogP contribution in [0.1, 0.15) is 30.0 Å². The van der Waals surface area contributed by atoms with E-state index in [2.05, 4.69) is 21.3 Å². The van der Waals surface area contributed by atoms with Gasteiger partial charge in [0.15, 0.2) is 0 Å². The van der Waals surface area contributed by atoms with Crippen LogP contribution < -0.4 is 16.2 Å². The Kier molecular flexibility index (Phi) is 4.86. The molecule has 3 N–H and O–H groups in total. The second kappa shape index (κ2) is 7.06. The fourth-order valence-electron chi connectivity index (χ4n) is 2.81. The number of hydrogen-bond acceptors (Lipinski definition) is 4. The van der Waals surface area contributed by atoms with E-state index in [1.54, 1.807) is 10.9 Å². The first-order valence-electron chi connectivity index (χ1n) is 7.75. The van der Waals surface area contributed by atoms with E-state index in [9.17, 15) is 13.6 Å². The zero-order valence-corrected chi connectivity index (χ0v) is 13.2. The highest BCUT2D eigenvalue weighted by Gasteiger charge is 2.29. The highest BCUT2D eigenvalue weighted by molar-refractivity contribution is 5.76. The number of nitrogens with zero attached hydrogens (tertiary/aromatic N) is 2. The van der Waals surface area contributed by atoms with Gasteiger partial charge >= 0.3 is 0 Å². The molecule has 1 aliphatic heterocycles. The van der Waals surface area contributed by atoms with Gasteiger partial charge in [0.25, 0.3) is 0 Å². The van der Waals surface area contributed by atoms with E-state index < -0.39 is 17.7 Å². The van der Waals surface area contributed by atoms with Gasteiger partial charge in [-0.05, 0) is 24.1 Å². The molecule has 2 unspecified atom stereocenters. The Morgan fingerprint density at radius 3 is 2.79 bits per heavy atom. The number of nitrogens with one attached hydrogen (secondary N) is 3. The molecule has 128 valence electrons. The lowest BCUT2D eigenvalue weighted by Gasteiger charge is -2.12. The lowest BCUT2D eigenvalue weighted by atomic mass is 10.0. The summed E-state index contributed by atoms with van der Waals surface area (Å²) in [5.74, 6) is -1.33. The maximum Gasteiger partial charge on any atom is 0.221 e. The van der Waals surface area contributed by atoms with E-state index in [0.717, 1.165) is 5.56 Å². The molecule has 1 fully saturated rings. The third-order valence-electron chi connectivity index (χ3n) is 3.99. The number of benzene rings is 1. The second-order valence-corrected chi connectivity index (χ2v) is 5.85. The van der Waals surface area contributed by atoms with Crippen LogP contribution in [0.4, 0.5) is 8.78 Å². The van der Waals surface area contributed by atoms with Crippen molar-refractivity contribution in [3.63, 3.8) is 0 Å². The van der Waals surface area contributed by atoms with Gasteiger partial charge in [0.05, 0.1) is 18.4 Å². The van der Waals surface area contributed by atoms with Crippen molar-refractivity contribution >= 4 is 5.91 Å². The smallest absolute Gasteiger partial charge is 0.221 e. The molecule has 1 amide bonds. The Bertz CT molecular complexity index is 713. The van der Waals surface area contributed by atoms with Gasteiger partial charge in [0.1, 0.15) is 11.6 Å². The molecular formula is C16H19F2N5O. The van der Waals surface area contributed by atoms with Crippen molar-refractivity contribution < 1.29 is 13.6 Å². The van der Waals surface area contributed by atoms with Crippen molar-refractivity contribution in [3.05, 3.63) is 53.4 Å². The first-order valence-corrected chi connectivity index (χ1v) is 7.75. The fraction of sp³-hybridized carbons (Fsp3) is 0.375. The predicted molar refractivity (Wildman–Crippen MR) is 83.4 cm³/mol. The Hall–Kier alpha value is -2.32. The van der Waals surface area contributed by atoms with Crippen molar-refractivity contribution in [1.29, 1.82) is 0 Å². The predicted octanol–water partition coefficient (Wildman–Crippen LogP) is 1.31. The molecule has 2 aromatic rings. The molecule has 0 aliphatic carbocycles. The number of hydrazine groups is 1. The Labute approximate surface area is 138 Å². The Morgan fingerprint density at radius 2 is 2.12 bits per heavy atom. The zero-order chi connectivity index (χ0) is 17.1. The lowest BCUT2D eigenvalue weighted by Crippen LogP contribution is -2.44. The van der Waals surface area contributed by atoms with Crippen LogP contribution in [0.25, 0.3) is 0 Å². The summed E-state index contributed by atoms with van der Waals surface area (Å²) in [6, 6.07) is 3.24. The van der Waals surface area contributed by atoms with Crippen LogP contribution >= 0.6 is 0 Å². The SMILES string of the molecule is Cn1cc(CCC(=O)NC2CC(c3c(F)cccc3F)NN2)cn1. The van der Waals surface area contributed by atoms with E-state index >= 15 is 0 Å². The van der Waals surface area contributed by atoms with Gasteiger partial charge in [0.2, 0.25) is 5.91 Å². The van der Waals surface area contributed by atoms with Gasteiger partial charge < -0.3 is 5.32 Å². The quantitative estimate of drug-likeness (QED) is 0.771. The monoisotopic (exact) mass is 335 g/mol. The second-order valence-electron chi connectivity index (χ2n) is 5.85. The van der Waals surface area contributed by atoms with Crippen molar-refractivity contribution in [2.24, 2.45) is 7.05 Å². The molecule has 0 spiro atoms. The molecule has 24 heavy (non-hydrogen) atoms. The van der Waals surface area contributed by atoms with Crippen LogP contribution in [0.2, 0.25) is 0 Å². The number of rotatable bonds is 5. The van der Waals surface area contributed by atoms with Crippen LogP contribution in [-0.4, -0.2) is 21.9 Å². The molecule has 0 radical (unpaired) electrons. The minimum atomic E-state index is -0.599. The number of hydrogen-bond donors (Lipinski definition) is 3. The van der Waals surface area contributed by atoms with Crippen molar-refractivity contribution in [2.45, 2.75) is 31.5 Å². The van der Waals surface area contributed by atoms with Crippen molar-refractivity contribution in [2.75, 3.05) is 0 Å². The van der Waals surface area contributed by atoms with Gasteiger partial charge in [-0.25, -0.2) is 19.6 Å². The molecule has 0 bridgehead atoms. The number of carbonyl (C=O) groups is 1. The maximum absolute atomic E-state index is 13.8. The number of carbonyl (C=O) groups excluding carboxylic acids is 1. The van der Waals surface area contributed by atoms with Gasteiger partial charge in [-0.3, -0.25) is 9.48 Å². The van der Waals surface area contributed by atoms with Gasteiger partial charge in [-0.15, -0.1) is 0 Å². The standard InChI is InChI=1S/C16H19F2N5O/c1-23-9-10(8-19-23)5-6-15(24)20-14-7-13(21-22-14)16-11(17)3-2-4-12(16)18/h2-4,8-9,13-14,21-22H,5-7H2,1H3,(H,20,24). The highest BCUT2D eigenvalue weighted by Crippen LogP contribution is 2.26. The van der Waals surface area contributed by atoms with Crippen LogP contribution in [0, 0.1) is 11.6 Å². The summed E-state index contributed by atoms with van der Waals surface area (Å²) < 4.78 is 29.3. The molecule has 6 nitrogen and oxygen atoms in total. The number of aryl methyl sites for hydroxylation is 2. The van der Waals surface area contributed by atoms with Gasteiger partial charge in [-0.1, -0.05) is 6.07 Å². The summed E-state index contributed by atoms with van der Waals surface area (Å²) in [4.78, 5) is 12.0. The van der Waals surface area contributed by atoms with Crippen LogP contribution in [0.3, 0.4) is 0 Å². The van der Waals surface area contributed by atoms with E-state index in [1.165, 1.54) is 18.2 Å². The van der Waals surface area contributed by atoms with E-state index in [1.807, 2.05) is 13.2 Å². The molecule has 0 saturated carbocycles. The van der Waals surface area contributed by atoms with Gasteiger partial charge in [0, 0.05) is 31.6 Å². The van der Waals surface area contributed by atoms with E-state index in [0.29, 0.717) is 19.3 Å². The summed E-state index contributed by atoms with van der Waals surface area (Å²) >= 11 is 0. The number of aromatic nitrogens is 2. The molecule has 1 aromatic heterocycles. The number of amides is 1. The summed E-state index contributed by atoms with van der Waals surface area (Å²) in [6.07, 6.45) is 4.47. The van der Waals surface area contributed by atoms with Crippen molar-refractivity contribution in [3.8, 4) is 0 Å². The summed E-state index contributed by atoms with van der Waals surface area (Å²) in [6.45, 7) is 0. The highest BCUT2D eigenvalue weighted by atomic mass is 19.1. The average Bonchev–Trinajstić information content (AvgIpc) is 3.14. The first kappa shape index (κ1) is 16.5. The molecular weight excluding hydrogens is 316 g/mol. The maximum atomic E-state index is 13.8. The lowest BCUT2D eigenvalue weighted by molar-refractivity contribution is -0.121. The minimum Gasteiger partial charge on any atom is -0.339 e. The van der Waals surface area contributed by atoms with E-state index in [-0.39, 0.29) is 17.6 Å².